The predicted octanol–water partition coefficient (Wildman–Crippen LogP) is 2.26. The molecule has 4 heteroatoms. The van der Waals surface area contributed by atoms with Crippen LogP contribution in [-0.4, -0.2) is 15.4 Å². The Labute approximate surface area is 80.6 Å². The van der Waals surface area contributed by atoms with E-state index in [1.165, 1.54) is 10.5 Å². The van der Waals surface area contributed by atoms with E-state index >= 15 is 0 Å². The van der Waals surface area contributed by atoms with Crippen LogP contribution in [0.25, 0.3) is 0 Å². The highest BCUT2D eigenvalue weighted by atomic mass is 32.2. The first kappa shape index (κ1) is 8.31. The van der Waals surface area contributed by atoms with Crippen LogP contribution in [0.3, 0.4) is 0 Å². The topological polar surface area (TPSA) is 41.6 Å². The molecule has 0 amide bonds. The Morgan fingerprint density at radius 3 is 2.85 bits per heavy atom. The van der Waals surface area contributed by atoms with Crippen molar-refractivity contribution in [2.75, 3.05) is 0 Å². The van der Waals surface area contributed by atoms with Crippen LogP contribution in [0.4, 0.5) is 0 Å². The van der Waals surface area contributed by atoms with Crippen LogP contribution in [0.15, 0.2) is 40.4 Å². The van der Waals surface area contributed by atoms with Gasteiger partial charge in [-0.05, 0) is 18.6 Å². The largest absolute Gasteiger partial charge is 0.197 e. The van der Waals surface area contributed by atoms with Crippen molar-refractivity contribution in [2.24, 2.45) is 0 Å². The predicted molar refractivity (Wildman–Crippen MR) is 51.7 cm³/mol. The molecule has 0 unspecified atom stereocenters. The standard InChI is InChI=1S/C9H9N3S/c1-7-4-2-3-5-8(7)13-9-6-10-12-11-9/h2-6H,1H3,(H,10,11,12). The van der Waals surface area contributed by atoms with Crippen LogP contribution >= 0.6 is 11.8 Å². The fraction of sp³-hybridized carbons (Fsp3) is 0.111. The Kier molecular flexibility index (Phi) is 2.31. The van der Waals surface area contributed by atoms with Crippen molar-refractivity contribution in [1.29, 1.82) is 0 Å². The Balaban J connectivity index is 2.24. The summed E-state index contributed by atoms with van der Waals surface area (Å²) in [7, 11) is 0. The molecule has 1 heterocycles. The van der Waals surface area contributed by atoms with Gasteiger partial charge in [0.2, 0.25) is 0 Å². The van der Waals surface area contributed by atoms with Gasteiger partial charge in [0.05, 0.1) is 6.20 Å². The number of nitrogens with zero attached hydrogens (tertiary/aromatic N) is 2. The molecule has 1 N–H and O–H groups in total. The lowest BCUT2D eigenvalue weighted by Crippen LogP contribution is -1.78. The third-order valence-corrected chi connectivity index (χ3v) is 2.78. The number of H-pyrrole nitrogens is 1. The summed E-state index contributed by atoms with van der Waals surface area (Å²) in [6, 6.07) is 8.22. The van der Waals surface area contributed by atoms with E-state index < -0.39 is 0 Å². The lowest BCUT2D eigenvalue weighted by molar-refractivity contribution is 0.911. The van der Waals surface area contributed by atoms with Crippen LogP contribution in [0.5, 0.6) is 0 Å². The molecule has 0 aliphatic rings. The molecular weight excluding hydrogens is 182 g/mol. The highest BCUT2D eigenvalue weighted by Crippen LogP contribution is 2.27. The SMILES string of the molecule is Cc1ccccc1Sc1cn[nH]n1. The smallest absolute Gasteiger partial charge is 0.143 e. The second kappa shape index (κ2) is 3.62. The molecular formula is C9H9N3S. The van der Waals surface area contributed by atoms with E-state index in [2.05, 4.69) is 34.5 Å². The fourth-order valence-corrected chi connectivity index (χ4v) is 1.82. The van der Waals surface area contributed by atoms with Crippen LogP contribution in [0, 0.1) is 6.92 Å². The highest BCUT2D eigenvalue weighted by molar-refractivity contribution is 7.99. The number of hydrogen-bond acceptors (Lipinski definition) is 3. The molecule has 1 aromatic carbocycles. The number of aromatic nitrogens is 3. The first-order valence-corrected chi connectivity index (χ1v) is 4.77. The van der Waals surface area contributed by atoms with E-state index in [1.54, 1.807) is 18.0 Å². The summed E-state index contributed by atoms with van der Waals surface area (Å²) in [6.07, 6.45) is 1.72. The lowest BCUT2D eigenvalue weighted by Gasteiger charge is -2.00. The van der Waals surface area contributed by atoms with Gasteiger partial charge in [0.15, 0.2) is 0 Å². The Morgan fingerprint density at radius 1 is 1.31 bits per heavy atom. The minimum absolute atomic E-state index is 0.898. The van der Waals surface area contributed by atoms with Gasteiger partial charge in [0.1, 0.15) is 5.03 Å². The lowest BCUT2D eigenvalue weighted by atomic mass is 10.2. The minimum Gasteiger partial charge on any atom is -0.197 e. The molecule has 13 heavy (non-hydrogen) atoms. The number of rotatable bonds is 2. The van der Waals surface area contributed by atoms with Gasteiger partial charge in [0, 0.05) is 4.90 Å². The summed E-state index contributed by atoms with van der Waals surface area (Å²) in [6.45, 7) is 2.09. The maximum absolute atomic E-state index is 3.98. The Hall–Kier alpha value is -1.29. The average Bonchev–Trinajstić information content (AvgIpc) is 2.61. The summed E-state index contributed by atoms with van der Waals surface area (Å²) in [5.74, 6) is 0. The number of aromatic amines is 1. The number of hydrogen-bond donors (Lipinski definition) is 1. The van der Waals surface area contributed by atoms with Crippen LogP contribution in [0.2, 0.25) is 0 Å². The fourth-order valence-electron chi connectivity index (χ4n) is 1.02. The van der Waals surface area contributed by atoms with Crippen molar-refractivity contribution in [3.63, 3.8) is 0 Å². The molecule has 3 nitrogen and oxygen atoms in total. The summed E-state index contributed by atoms with van der Waals surface area (Å²) < 4.78 is 0. The third-order valence-electron chi connectivity index (χ3n) is 1.70. The summed E-state index contributed by atoms with van der Waals surface area (Å²) in [5.41, 5.74) is 1.26. The monoisotopic (exact) mass is 191 g/mol. The first-order valence-electron chi connectivity index (χ1n) is 3.95. The molecule has 0 fully saturated rings. The summed E-state index contributed by atoms with van der Waals surface area (Å²) in [5, 5.41) is 11.2. The van der Waals surface area contributed by atoms with Gasteiger partial charge in [-0.1, -0.05) is 30.0 Å². The van der Waals surface area contributed by atoms with Gasteiger partial charge in [0.25, 0.3) is 0 Å². The summed E-state index contributed by atoms with van der Waals surface area (Å²) in [4.78, 5) is 1.22. The van der Waals surface area contributed by atoms with E-state index in [-0.39, 0.29) is 0 Å². The summed E-state index contributed by atoms with van der Waals surface area (Å²) >= 11 is 1.62. The second-order valence-corrected chi connectivity index (χ2v) is 3.74. The van der Waals surface area contributed by atoms with Crippen molar-refractivity contribution in [2.45, 2.75) is 16.8 Å². The third kappa shape index (κ3) is 1.89. The molecule has 0 aliphatic carbocycles. The van der Waals surface area contributed by atoms with Gasteiger partial charge in [-0.25, -0.2) is 0 Å². The van der Waals surface area contributed by atoms with Crippen molar-refractivity contribution in [3.8, 4) is 0 Å². The highest BCUT2D eigenvalue weighted by Gasteiger charge is 2.01. The van der Waals surface area contributed by atoms with Gasteiger partial charge in [-0.2, -0.15) is 10.3 Å². The number of nitrogens with one attached hydrogen (secondary N) is 1. The Morgan fingerprint density at radius 2 is 2.15 bits per heavy atom. The van der Waals surface area contributed by atoms with Gasteiger partial charge < -0.3 is 0 Å². The molecule has 0 aliphatic heterocycles. The van der Waals surface area contributed by atoms with Crippen LogP contribution in [0.1, 0.15) is 5.56 Å². The molecule has 0 atom stereocenters. The second-order valence-electron chi connectivity index (χ2n) is 2.68. The van der Waals surface area contributed by atoms with Crippen molar-refractivity contribution in [1.82, 2.24) is 15.4 Å². The first-order chi connectivity index (χ1) is 6.36. The molecule has 0 saturated heterocycles. The minimum atomic E-state index is 0.898. The number of benzene rings is 1. The van der Waals surface area contributed by atoms with Gasteiger partial charge in [-0.3, -0.25) is 0 Å². The zero-order valence-electron chi connectivity index (χ0n) is 7.19. The molecule has 1 aromatic heterocycles. The van der Waals surface area contributed by atoms with Crippen LogP contribution in [-0.2, 0) is 0 Å². The maximum atomic E-state index is 3.98. The molecule has 0 radical (unpaired) electrons. The number of aryl methyl sites for hydroxylation is 1. The zero-order valence-corrected chi connectivity index (χ0v) is 8.01. The van der Waals surface area contributed by atoms with Gasteiger partial charge in [-0.15, -0.1) is 5.10 Å². The Bertz CT molecular complexity index is 384. The maximum Gasteiger partial charge on any atom is 0.143 e. The van der Waals surface area contributed by atoms with E-state index in [1.807, 2.05) is 12.1 Å². The molecule has 66 valence electrons. The molecule has 2 aromatic rings. The van der Waals surface area contributed by atoms with E-state index in [0.29, 0.717) is 0 Å². The molecule has 0 bridgehead atoms. The van der Waals surface area contributed by atoms with Crippen LogP contribution < -0.4 is 0 Å². The quantitative estimate of drug-likeness (QED) is 0.791. The molecule has 0 saturated carbocycles. The van der Waals surface area contributed by atoms with Gasteiger partial charge >= 0.3 is 0 Å². The van der Waals surface area contributed by atoms with Crippen molar-refractivity contribution < 1.29 is 0 Å². The average molecular weight is 191 g/mol. The van der Waals surface area contributed by atoms with E-state index in [4.69, 9.17) is 0 Å². The molecule has 0 spiro atoms. The normalized spacial score (nSPS) is 10.2. The molecule has 2 rings (SSSR count). The van der Waals surface area contributed by atoms with E-state index in [0.717, 1.165) is 5.03 Å². The van der Waals surface area contributed by atoms with Crippen molar-refractivity contribution in [3.05, 3.63) is 36.0 Å². The zero-order chi connectivity index (χ0) is 9.10. The van der Waals surface area contributed by atoms with E-state index in [9.17, 15) is 0 Å². The van der Waals surface area contributed by atoms with Crippen molar-refractivity contribution >= 4 is 11.8 Å².